The van der Waals surface area contributed by atoms with Crippen LogP contribution in [0.5, 0.6) is 5.75 Å². The lowest BCUT2D eigenvalue weighted by Gasteiger charge is -2.05. The molecule has 0 fully saturated rings. The number of para-hydroxylation sites is 1. The predicted molar refractivity (Wildman–Crippen MR) is 51.5 cm³/mol. The van der Waals surface area contributed by atoms with Crippen molar-refractivity contribution in [2.75, 3.05) is 6.61 Å². The molecule has 0 spiro atoms. The Morgan fingerprint density at radius 2 is 2.00 bits per heavy atom. The van der Waals surface area contributed by atoms with E-state index in [4.69, 9.17) is 15.3 Å². The van der Waals surface area contributed by atoms with Crippen molar-refractivity contribution in [2.45, 2.75) is 12.8 Å². The first-order valence-electron chi connectivity index (χ1n) is 4.37. The molecule has 1 aromatic rings. The van der Waals surface area contributed by atoms with E-state index in [-0.39, 0.29) is 0 Å². The molecule has 0 atom stereocenters. The molecule has 0 amide bonds. The largest absolute Gasteiger partial charge is 0.492 e. The predicted octanol–water partition coefficient (Wildman–Crippen LogP) is 2.24. The Bertz CT molecular complexity index is 374. The molecule has 0 aliphatic rings. The minimum atomic E-state index is 0.478. The molecule has 3 nitrogen and oxygen atoms in total. The van der Waals surface area contributed by atoms with Gasteiger partial charge in [0.15, 0.2) is 0 Å². The first kappa shape index (κ1) is 10.1. The number of ether oxygens (including phenoxy) is 1. The van der Waals surface area contributed by atoms with Crippen molar-refractivity contribution in [1.29, 1.82) is 10.5 Å². The van der Waals surface area contributed by atoms with Crippen LogP contribution >= 0.6 is 0 Å². The molecular formula is C11H10N2O. The first-order valence-corrected chi connectivity index (χ1v) is 4.37. The Morgan fingerprint density at radius 3 is 2.71 bits per heavy atom. The highest BCUT2D eigenvalue weighted by Crippen LogP contribution is 2.16. The summed E-state index contributed by atoms with van der Waals surface area (Å²) in [6.45, 7) is 0.478. The van der Waals surface area contributed by atoms with E-state index in [1.54, 1.807) is 18.2 Å². The molecule has 0 N–H and O–H groups in total. The summed E-state index contributed by atoms with van der Waals surface area (Å²) in [5.74, 6) is 0.591. The van der Waals surface area contributed by atoms with Crippen LogP contribution in [-0.2, 0) is 0 Å². The second kappa shape index (κ2) is 5.61. The van der Waals surface area contributed by atoms with Crippen molar-refractivity contribution < 1.29 is 4.74 Å². The molecule has 0 aliphatic carbocycles. The standard InChI is InChI=1S/C11H10N2O/c12-7-3-4-8-14-11-6-2-1-5-10(11)9-13/h1-2,5-6H,3-4,8H2. The maximum Gasteiger partial charge on any atom is 0.137 e. The number of rotatable bonds is 4. The Morgan fingerprint density at radius 1 is 1.21 bits per heavy atom. The van der Waals surface area contributed by atoms with Gasteiger partial charge < -0.3 is 4.74 Å². The van der Waals surface area contributed by atoms with E-state index in [0.29, 0.717) is 30.8 Å². The van der Waals surface area contributed by atoms with Crippen molar-refractivity contribution in [2.24, 2.45) is 0 Å². The molecule has 14 heavy (non-hydrogen) atoms. The van der Waals surface area contributed by atoms with Gasteiger partial charge in [0.05, 0.1) is 18.2 Å². The molecule has 0 aromatic heterocycles. The van der Waals surface area contributed by atoms with Gasteiger partial charge in [-0.25, -0.2) is 0 Å². The van der Waals surface area contributed by atoms with E-state index in [9.17, 15) is 0 Å². The number of hydrogen-bond acceptors (Lipinski definition) is 3. The van der Waals surface area contributed by atoms with Crippen LogP contribution in [0, 0.1) is 22.7 Å². The van der Waals surface area contributed by atoms with Gasteiger partial charge in [-0.1, -0.05) is 12.1 Å². The van der Waals surface area contributed by atoms with Gasteiger partial charge in [0.1, 0.15) is 11.8 Å². The van der Waals surface area contributed by atoms with Crippen LogP contribution in [0.15, 0.2) is 24.3 Å². The van der Waals surface area contributed by atoms with Gasteiger partial charge in [0, 0.05) is 6.42 Å². The molecule has 0 radical (unpaired) electrons. The highest BCUT2D eigenvalue weighted by atomic mass is 16.5. The summed E-state index contributed by atoms with van der Waals surface area (Å²) >= 11 is 0. The number of nitriles is 2. The molecular weight excluding hydrogens is 176 g/mol. The van der Waals surface area contributed by atoms with Crippen molar-refractivity contribution in [3.05, 3.63) is 29.8 Å². The summed E-state index contributed by atoms with van der Waals surface area (Å²) in [6.07, 6.45) is 1.17. The minimum Gasteiger partial charge on any atom is -0.492 e. The van der Waals surface area contributed by atoms with Crippen molar-refractivity contribution in [3.63, 3.8) is 0 Å². The SMILES string of the molecule is N#CCCCOc1ccccc1C#N. The van der Waals surface area contributed by atoms with Crippen LogP contribution in [0.4, 0.5) is 0 Å². The quantitative estimate of drug-likeness (QED) is 0.677. The topological polar surface area (TPSA) is 56.8 Å². The molecule has 0 aliphatic heterocycles. The fraction of sp³-hybridized carbons (Fsp3) is 0.273. The van der Waals surface area contributed by atoms with Crippen molar-refractivity contribution >= 4 is 0 Å². The first-order chi connectivity index (χ1) is 6.88. The van der Waals surface area contributed by atoms with E-state index in [1.807, 2.05) is 18.2 Å². The van der Waals surface area contributed by atoms with Crippen LogP contribution in [0.2, 0.25) is 0 Å². The zero-order valence-corrected chi connectivity index (χ0v) is 7.73. The lowest BCUT2D eigenvalue weighted by molar-refractivity contribution is 0.312. The second-order valence-corrected chi connectivity index (χ2v) is 2.72. The lowest BCUT2D eigenvalue weighted by Crippen LogP contribution is -1.98. The number of benzene rings is 1. The lowest BCUT2D eigenvalue weighted by atomic mass is 10.2. The Hall–Kier alpha value is -2.00. The van der Waals surface area contributed by atoms with Gasteiger partial charge in [-0.2, -0.15) is 10.5 Å². The minimum absolute atomic E-state index is 0.478. The molecule has 0 heterocycles. The summed E-state index contributed by atoms with van der Waals surface area (Å²) in [5.41, 5.74) is 0.532. The maximum atomic E-state index is 8.74. The fourth-order valence-corrected chi connectivity index (χ4v) is 1.02. The van der Waals surface area contributed by atoms with Gasteiger partial charge in [0.2, 0.25) is 0 Å². The zero-order chi connectivity index (χ0) is 10.2. The summed E-state index contributed by atoms with van der Waals surface area (Å²) in [7, 11) is 0. The third kappa shape index (κ3) is 2.80. The van der Waals surface area contributed by atoms with Crippen LogP contribution in [-0.4, -0.2) is 6.61 Å². The van der Waals surface area contributed by atoms with E-state index < -0.39 is 0 Å². The molecule has 0 unspecified atom stereocenters. The summed E-state index contributed by atoms with van der Waals surface area (Å²) < 4.78 is 5.36. The van der Waals surface area contributed by atoms with Gasteiger partial charge in [-0.15, -0.1) is 0 Å². The van der Waals surface area contributed by atoms with E-state index in [2.05, 4.69) is 0 Å². The van der Waals surface area contributed by atoms with Gasteiger partial charge >= 0.3 is 0 Å². The molecule has 1 rings (SSSR count). The van der Waals surface area contributed by atoms with E-state index in [1.165, 1.54) is 0 Å². The van der Waals surface area contributed by atoms with Gasteiger partial charge in [-0.3, -0.25) is 0 Å². The van der Waals surface area contributed by atoms with Gasteiger partial charge in [-0.05, 0) is 18.6 Å². The monoisotopic (exact) mass is 186 g/mol. The molecule has 0 saturated carbocycles. The number of unbranched alkanes of at least 4 members (excludes halogenated alkanes) is 1. The average Bonchev–Trinajstić information content (AvgIpc) is 2.25. The average molecular weight is 186 g/mol. The van der Waals surface area contributed by atoms with Crippen molar-refractivity contribution in [3.8, 4) is 17.9 Å². The highest BCUT2D eigenvalue weighted by Gasteiger charge is 2.00. The second-order valence-electron chi connectivity index (χ2n) is 2.72. The van der Waals surface area contributed by atoms with Crippen LogP contribution < -0.4 is 4.74 Å². The molecule has 0 bridgehead atoms. The Kier molecular flexibility index (Phi) is 4.04. The summed E-state index contributed by atoms with van der Waals surface area (Å²) in [4.78, 5) is 0. The molecule has 0 saturated heterocycles. The van der Waals surface area contributed by atoms with E-state index in [0.717, 1.165) is 0 Å². The number of nitrogens with zero attached hydrogens (tertiary/aromatic N) is 2. The third-order valence-corrected chi connectivity index (χ3v) is 1.70. The summed E-state index contributed by atoms with van der Waals surface area (Å²) in [5, 5.41) is 17.0. The van der Waals surface area contributed by atoms with E-state index >= 15 is 0 Å². The third-order valence-electron chi connectivity index (χ3n) is 1.70. The van der Waals surface area contributed by atoms with Gasteiger partial charge in [0.25, 0.3) is 0 Å². The Balaban J connectivity index is 2.51. The normalized spacial score (nSPS) is 8.71. The zero-order valence-electron chi connectivity index (χ0n) is 7.73. The number of hydrogen-bond donors (Lipinski definition) is 0. The molecule has 1 aromatic carbocycles. The smallest absolute Gasteiger partial charge is 0.137 e. The Labute approximate surface area is 83.2 Å². The fourth-order valence-electron chi connectivity index (χ4n) is 1.02. The summed E-state index contributed by atoms with van der Waals surface area (Å²) in [6, 6.07) is 11.2. The maximum absolute atomic E-state index is 8.74. The highest BCUT2D eigenvalue weighted by molar-refractivity contribution is 5.42. The van der Waals surface area contributed by atoms with Crippen molar-refractivity contribution in [1.82, 2.24) is 0 Å². The van der Waals surface area contributed by atoms with Crippen LogP contribution in [0.3, 0.4) is 0 Å². The van der Waals surface area contributed by atoms with Crippen LogP contribution in [0.1, 0.15) is 18.4 Å². The van der Waals surface area contributed by atoms with Crippen LogP contribution in [0.25, 0.3) is 0 Å². The molecule has 3 heteroatoms. The molecule has 70 valence electrons.